The number of morpholine rings is 1. The molecule has 1 fully saturated rings. The lowest BCUT2D eigenvalue weighted by Gasteiger charge is -2.26. The number of nitrogens with one attached hydrogen (secondary N) is 2. The Bertz CT molecular complexity index is 1070. The molecule has 0 bridgehead atoms. The molecule has 0 spiro atoms. The minimum Gasteiger partial charge on any atom is -0.379 e. The number of fused-ring (bicyclic) bond motifs is 1. The van der Waals surface area contributed by atoms with Gasteiger partial charge in [0.1, 0.15) is 5.82 Å². The Hall–Kier alpha value is -2.69. The Labute approximate surface area is 183 Å². The molecule has 0 aliphatic carbocycles. The van der Waals surface area contributed by atoms with Crippen LogP contribution in [0.5, 0.6) is 0 Å². The molecule has 1 amide bonds. The maximum Gasteiger partial charge on any atom is 0.271 e. The van der Waals surface area contributed by atoms with Crippen LogP contribution in [-0.4, -0.2) is 65.2 Å². The molecule has 0 radical (unpaired) electrons. The standard InChI is InChI=1S/C21H25FN6O2S/c1-13-9-17-19(31-13)18(20(29)24-3-4-28-5-7-30-8-6-28)27-21(26-17)25-14(2)15-10-16(22)12-23-11-15/h9-12,14H,3-8H2,1-2H3,(H,24,29)(H,25,26,27)/t14-/m0/s1. The van der Waals surface area contributed by atoms with Gasteiger partial charge in [-0.2, -0.15) is 0 Å². The Morgan fingerprint density at radius 3 is 2.87 bits per heavy atom. The fraction of sp³-hybridized carbons (Fsp3) is 0.429. The zero-order chi connectivity index (χ0) is 21.8. The zero-order valence-corrected chi connectivity index (χ0v) is 18.3. The average Bonchev–Trinajstić information content (AvgIpc) is 3.13. The lowest BCUT2D eigenvalue weighted by Crippen LogP contribution is -2.41. The van der Waals surface area contributed by atoms with Gasteiger partial charge in [-0.15, -0.1) is 11.3 Å². The third-order valence-corrected chi connectivity index (χ3v) is 6.15. The normalized spacial score (nSPS) is 15.7. The minimum atomic E-state index is -0.406. The van der Waals surface area contributed by atoms with Crippen LogP contribution in [0.1, 0.15) is 33.9 Å². The van der Waals surface area contributed by atoms with Crippen LogP contribution in [0, 0.1) is 12.7 Å². The van der Waals surface area contributed by atoms with Gasteiger partial charge < -0.3 is 15.4 Å². The van der Waals surface area contributed by atoms with E-state index in [2.05, 4.69) is 30.5 Å². The van der Waals surface area contributed by atoms with Crippen LogP contribution >= 0.6 is 11.3 Å². The molecule has 10 heteroatoms. The van der Waals surface area contributed by atoms with Crippen molar-refractivity contribution in [2.24, 2.45) is 0 Å². The number of aromatic nitrogens is 3. The maximum absolute atomic E-state index is 13.5. The molecule has 0 unspecified atom stereocenters. The monoisotopic (exact) mass is 444 g/mol. The lowest BCUT2D eigenvalue weighted by molar-refractivity contribution is 0.0383. The van der Waals surface area contributed by atoms with Gasteiger partial charge in [0, 0.05) is 37.3 Å². The number of rotatable bonds is 7. The summed E-state index contributed by atoms with van der Waals surface area (Å²) >= 11 is 1.49. The second kappa shape index (κ2) is 9.63. The van der Waals surface area contributed by atoms with E-state index in [1.54, 1.807) is 6.20 Å². The van der Waals surface area contributed by atoms with E-state index in [1.807, 2.05) is 19.9 Å². The topological polar surface area (TPSA) is 92.3 Å². The summed E-state index contributed by atoms with van der Waals surface area (Å²) in [5.41, 5.74) is 1.72. The van der Waals surface area contributed by atoms with Gasteiger partial charge in [-0.1, -0.05) is 0 Å². The predicted octanol–water partition coefficient (Wildman–Crippen LogP) is 2.77. The summed E-state index contributed by atoms with van der Waals surface area (Å²) in [5.74, 6) is -0.317. The molecule has 1 aliphatic rings. The molecule has 3 aromatic rings. The first-order valence-corrected chi connectivity index (χ1v) is 11.0. The van der Waals surface area contributed by atoms with Gasteiger partial charge in [-0.05, 0) is 31.5 Å². The molecule has 0 aromatic carbocycles. The molecule has 4 rings (SSSR count). The predicted molar refractivity (Wildman–Crippen MR) is 118 cm³/mol. The first-order chi connectivity index (χ1) is 15.0. The van der Waals surface area contributed by atoms with E-state index in [4.69, 9.17) is 4.74 Å². The molecular weight excluding hydrogens is 419 g/mol. The second-order valence-electron chi connectivity index (χ2n) is 7.48. The van der Waals surface area contributed by atoms with Crippen molar-refractivity contribution in [3.05, 3.63) is 46.5 Å². The van der Waals surface area contributed by atoms with Crippen molar-refractivity contribution in [2.75, 3.05) is 44.7 Å². The molecule has 4 heterocycles. The highest BCUT2D eigenvalue weighted by Gasteiger charge is 2.19. The zero-order valence-electron chi connectivity index (χ0n) is 17.5. The Balaban J connectivity index is 1.50. The number of halogens is 1. The molecule has 1 atom stereocenters. The van der Waals surface area contributed by atoms with Crippen LogP contribution in [0.4, 0.5) is 10.3 Å². The highest BCUT2D eigenvalue weighted by molar-refractivity contribution is 7.19. The van der Waals surface area contributed by atoms with E-state index in [0.29, 0.717) is 29.3 Å². The van der Waals surface area contributed by atoms with Gasteiger partial charge in [0.05, 0.1) is 35.7 Å². The number of hydrogen-bond acceptors (Lipinski definition) is 8. The van der Waals surface area contributed by atoms with Crippen LogP contribution in [0.2, 0.25) is 0 Å². The first-order valence-electron chi connectivity index (χ1n) is 10.2. The van der Waals surface area contributed by atoms with Crippen molar-refractivity contribution < 1.29 is 13.9 Å². The number of thiophene rings is 1. The van der Waals surface area contributed by atoms with Crippen LogP contribution in [0.25, 0.3) is 10.2 Å². The molecule has 2 N–H and O–H groups in total. The summed E-state index contributed by atoms with van der Waals surface area (Å²) in [6, 6.07) is 3.07. The number of aryl methyl sites for hydroxylation is 1. The van der Waals surface area contributed by atoms with Gasteiger partial charge in [0.15, 0.2) is 5.69 Å². The molecule has 8 nitrogen and oxygen atoms in total. The molecule has 0 saturated carbocycles. The Kier molecular flexibility index (Phi) is 6.69. The lowest BCUT2D eigenvalue weighted by atomic mass is 10.1. The average molecular weight is 445 g/mol. The van der Waals surface area contributed by atoms with Gasteiger partial charge in [0.25, 0.3) is 5.91 Å². The quantitative estimate of drug-likeness (QED) is 0.579. The number of hydrogen-bond donors (Lipinski definition) is 2. The second-order valence-corrected chi connectivity index (χ2v) is 8.74. The molecular formula is C21H25FN6O2S. The fourth-order valence-electron chi connectivity index (χ4n) is 3.45. The molecule has 164 valence electrons. The molecule has 31 heavy (non-hydrogen) atoms. The fourth-order valence-corrected chi connectivity index (χ4v) is 4.38. The third kappa shape index (κ3) is 5.33. The van der Waals surface area contributed by atoms with Gasteiger partial charge in [-0.25, -0.2) is 14.4 Å². The summed E-state index contributed by atoms with van der Waals surface area (Å²) in [6.07, 6.45) is 2.75. The third-order valence-electron chi connectivity index (χ3n) is 5.10. The number of pyridine rings is 1. The van der Waals surface area contributed by atoms with E-state index < -0.39 is 5.82 Å². The maximum atomic E-state index is 13.5. The summed E-state index contributed by atoms with van der Waals surface area (Å²) in [4.78, 5) is 29.2. The van der Waals surface area contributed by atoms with E-state index in [1.165, 1.54) is 17.4 Å². The summed E-state index contributed by atoms with van der Waals surface area (Å²) in [6.45, 7) is 8.33. The van der Waals surface area contributed by atoms with Crippen LogP contribution in [-0.2, 0) is 4.74 Å². The Morgan fingerprint density at radius 2 is 2.10 bits per heavy atom. The van der Waals surface area contributed by atoms with Crippen molar-refractivity contribution in [1.82, 2.24) is 25.2 Å². The van der Waals surface area contributed by atoms with Crippen molar-refractivity contribution in [2.45, 2.75) is 19.9 Å². The highest BCUT2D eigenvalue weighted by Crippen LogP contribution is 2.28. The van der Waals surface area contributed by atoms with E-state index in [9.17, 15) is 9.18 Å². The SMILES string of the molecule is Cc1cc2nc(N[C@@H](C)c3cncc(F)c3)nc(C(=O)NCCN3CCOCC3)c2s1. The Morgan fingerprint density at radius 1 is 1.29 bits per heavy atom. The van der Waals surface area contributed by atoms with Gasteiger partial charge >= 0.3 is 0 Å². The number of ether oxygens (including phenoxy) is 1. The van der Waals surface area contributed by atoms with Gasteiger partial charge in [0.2, 0.25) is 5.95 Å². The van der Waals surface area contributed by atoms with Crippen molar-refractivity contribution >= 4 is 33.4 Å². The van der Waals surface area contributed by atoms with E-state index in [-0.39, 0.29) is 11.9 Å². The highest BCUT2D eigenvalue weighted by atomic mass is 32.1. The smallest absolute Gasteiger partial charge is 0.271 e. The number of amides is 1. The van der Waals surface area contributed by atoms with Crippen molar-refractivity contribution in [1.29, 1.82) is 0 Å². The number of nitrogens with zero attached hydrogens (tertiary/aromatic N) is 4. The van der Waals surface area contributed by atoms with Crippen LogP contribution in [0.15, 0.2) is 24.5 Å². The first kappa shape index (κ1) is 21.5. The number of carbonyl (C=O) groups is 1. The van der Waals surface area contributed by atoms with E-state index in [0.717, 1.165) is 48.6 Å². The summed E-state index contributed by atoms with van der Waals surface area (Å²) in [7, 11) is 0. The van der Waals surface area contributed by atoms with Crippen LogP contribution < -0.4 is 10.6 Å². The molecule has 3 aromatic heterocycles. The number of carbonyl (C=O) groups excluding carboxylic acids is 1. The van der Waals surface area contributed by atoms with Gasteiger partial charge in [-0.3, -0.25) is 14.7 Å². The number of anilines is 1. The van der Waals surface area contributed by atoms with Crippen LogP contribution in [0.3, 0.4) is 0 Å². The van der Waals surface area contributed by atoms with E-state index >= 15 is 0 Å². The summed E-state index contributed by atoms with van der Waals surface area (Å²) in [5, 5.41) is 6.14. The molecule has 1 aliphatic heterocycles. The van der Waals surface area contributed by atoms with Crippen molar-refractivity contribution in [3.63, 3.8) is 0 Å². The van der Waals surface area contributed by atoms with Crippen molar-refractivity contribution in [3.8, 4) is 0 Å². The summed E-state index contributed by atoms with van der Waals surface area (Å²) < 4.78 is 19.6. The molecule has 1 saturated heterocycles. The minimum absolute atomic E-state index is 0.231. The largest absolute Gasteiger partial charge is 0.379 e.